The summed E-state index contributed by atoms with van der Waals surface area (Å²) in [5.41, 5.74) is 2.78. The van der Waals surface area contributed by atoms with Crippen molar-refractivity contribution in [1.82, 2.24) is 5.32 Å². The van der Waals surface area contributed by atoms with Gasteiger partial charge < -0.3 is 5.32 Å². The van der Waals surface area contributed by atoms with Crippen molar-refractivity contribution in [2.24, 2.45) is 0 Å². The Balaban J connectivity index is 0.00000306. The van der Waals surface area contributed by atoms with Crippen molar-refractivity contribution in [2.45, 2.75) is 32.1 Å². The lowest BCUT2D eigenvalue weighted by molar-refractivity contribution is -0.137. The van der Waals surface area contributed by atoms with Crippen LogP contribution in [0.2, 0.25) is 0 Å². The molecule has 172 valence electrons. The Kier molecular flexibility index (Phi) is 7.45. The zero-order chi connectivity index (χ0) is 22.9. The Labute approximate surface area is 196 Å². The first kappa shape index (κ1) is 24.7. The lowest BCUT2D eigenvalue weighted by Gasteiger charge is -2.22. The number of hydrogen-bond acceptors (Lipinski definition) is 1. The van der Waals surface area contributed by atoms with Crippen molar-refractivity contribution in [3.05, 3.63) is 107 Å². The molecular weight excluding hydrogens is 450 g/mol. The fraction of sp³-hybridized carbons (Fsp3) is 0.185. The van der Waals surface area contributed by atoms with Gasteiger partial charge in [0.05, 0.1) is 5.56 Å². The monoisotopic (exact) mass is 473 g/mol. The molecule has 0 heterocycles. The standard InChI is InChI=1S/C27H23F4N.ClH/c1-17(20-7-5-8-24(28)15-20)32-18(2)22-14-21-6-3-4-9-25(21)26(16-22)19-10-12-23(13-11-19)27(29,30)31;/h3-18,32H,1-2H3;1H/t17-,18?;/m1./s1. The van der Waals surface area contributed by atoms with Gasteiger partial charge in [-0.2, -0.15) is 13.2 Å². The predicted molar refractivity (Wildman–Crippen MR) is 128 cm³/mol. The number of benzene rings is 4. The van der Waals surface area contributed by atoms with Crippen LogP contribution in [0.3, 0.4) is 0 Å². The number of rotatable bonds is 5. The molecule has 1 nitrogen and oxygen atoms in total. The molecule has 6 heteroatoms. The fourth-order valence-electron chi connectivity index (χ4n) is 4.00. The number of fused-ring (bicyclic) bond motifs is 1. The van der Waals surface area contributed by atoms with Gasteiger partial charge in [-0.25, -0.2) is 4.39 Å². The summed E-state index contributed by atoms with van der Waals surface area (Å²) in [4.78, 5) is 0. The summed E-state index contributed by atoms with van der Waals surface area (Å²) in [6.07, 6.45) is -4.37. The van der Waals surface area contributed by atoms with E-state index in [0.717, 1.165) is 45.2 Å². The third kappa shape index (κ3) is 5.55. The molecule has 2 atom stereocenters. The highest BCUT2D eigenvalue weighted by Gasteiger charge is 2.30. The zero-order valence-corrected chi connectivity index (χ0v) is 19.0. The highest BCUT2D eigenvalue weighted by molar-refractivity contribution is 5.97. The van der Waals surface area contributed by atoms with E-state index in [1.165, 1.54) is 24.3 Å². The van der Waals surface area contributed by atoms with Crippen LogP contribution in [-0.4, -0.2) is 0 Å². The van der Waals surface area contributed by atoms with Gasteiger partial charge >= 0.3 is 6.18 Å². The van der Waals surface area contributed by atoms with E-state index in [1.807, 2.05) is 50.2 Å². The molecule has 0 aromatic heterocycles. The summed E-state index contributed by atoms with van der Waals surface area (Å²) in [5.74, 6) is -0.279. The molecular formula is C27H24ClF4N. The third-order valence-electron chi connectivity index (χ3n) is 5.76. The average molecular weight is 474 g/mol. The summed E-state index contributed by atoms with van der Waals surface area (Å²) in [5, 5.41) is 5.48. The summed E-state index contributed by atoms with van der Waals surface area (Å²) < 4.78 is 52.6. The molecule has 0 saturated heterocycles. The van der Waals surface area contributed by atoms with Gasteiger partial charge in [-0.3, -0.25) is 0 Å². The first-order valence-corrected chi connectivity index (χ1v) is 10.4. The Bertz CT molecular complexity index is 1240. The van der Waals surface area contributed by atoms with Crippen LogP contribution < -0.4 is 5.32 Å². The smallest absolute Gasteiger partial charge is 0.304 e. The van der Waals surface area contributed by atoms with Gasteiger partial charge in [-0.15, -0.1) is 12.4 Å². The Morgan fingerprint density at radius 2 is 1.39 bits per heavy atom. The maximum Gasteiger partial charge on any atom is 0.416 e. The van der Waals surface area contributed by atoms with Gasteiger partial charge in [-0.1, -0.05) is 48.5 Å². The predicted octanol–water partition coefficient (Wildman–Crippen LogP) is 8.50. The second-order valence-electron chi connectivity index (χ2n) is 8.03. The number of halogens is 5. The molecule has 0 aliphatic rings. The highest BCUT2D eigenvalue weighted by Crippen LogP contribution is 2.35. The van der Waals surface area contributed by atoms with Gasteiger partial charge in [0.15, 0.2) is 0 Å². The molecule has 0 aliphatic heterocycles. The van der Waals surface area contributed by atoms with Crippen LogP contribution in [0.25, 0.3) is 21.9 Å². The molecule has 4 aromatic carbocycles. The number of nitrogens with one attached hydrogen (secondary N) is 1. The van der Waals surface area contributed by atoms with E-state index in [1.54, 1.807) is 6.07 Å². The van der Waals surface area contributed by atoms with Gasteiger partial charge in [0.25, 0.3) is 0 Å². The molecule has 1 N–H and O–H groups in total. The normalized spacial score (nSPS) is 13.4. The molecule has 4 aromatic rings. The minimum atomic E-state index is -4.37. The van der Waals surface area contributed by atoms with Crippen LogP contribution in [-0.2, 0) is 6.18 Å². The number of hydrogen-bond donors (Lipinski definition) is 1. The topological polar surface area (TPSA) is 12.0 Å². The second kappa shape index (κ2) is 9.94. The molecule has 0 aliphatic carbocycles. The molecule has 0 saturated carbocycles. The summed E-state index contributed by atoms with van der Waals surface area (Å²) in [7, 11) is 0. The molecule has 0 bridgehead atoms. The molecule has 1 unspecified atom stereocenters. The quantitative estimate of drug-likeness (QED) is 0.286. The van der Waals surface area contributed by atoms with Crippen molar-refractivity contribution in [2.75, 3.05) is 0 Å². The van der Waals surface area contributed by atoms with Gasteiger partial charge in [-0.05, 0) is 83.3 Å². The van der Waals surface area contributed by atoms with Crippen molar-refractivity contribution in [3.63, 3.8) is 0 Å². The van der Waals surface area contributed by atoms with E-state index in [0.29, 0.717) is 0 Å². The van der Waals surface area contributed by atoms with Crippen molar-refractivity contribution in [3.8, 4) is 11.1 Å². The van der Waals surface area contributed by atoms with E-state index in [4.69, 9.17) is 0 Å². The molecule has 4 rings (SSSR count). The molecule has 0 radical (unpaired) electrons. The highest BCUT2D eigenvalue weighted by atomic mass is 35.5. The fourth-order valence-corrected chi connectivity index (χ4v) is 4.00. The molecule has 0 spiro atoms. The summed E-state index contributed by atoms with van der Waals surface area (Å²) in [6.45, 7) is 4.00. The maximum absolute atomic E-state index is 13.6. The summed E-state index contributed by atoms with van der Waals surface area (Å²) >= 11 is 0. The summed E-state index contributed by atoms with van der Waals surface area (Å²) in [6, 6.07) is 23.5. The first-order valence-electron chi connectivity index (χ1n) is 10.4. The van der Waals surface area contributed by atoms with Crippen molar-refractivity contribution in [1.29, 1.82) is 0 Å². The largest absolute Gasteiger partial charge is 0.416 e. The van der Waals surface area contributed by atoms with Gasteiger partial charge in [0, 0.05) is 12.1 Å². The van der Waals surface area contributed by atoms with Gasteiger partial charge in [0.1, 0.15) is 5.82 Å². The van der Waals surface area contributed by atoms with Crippen LogP contribution in [0.1, 0.15) is 42.6 Å². The maximum atomic E-state index is 13.6. The number of alkyl halides is 3. The van der Waals surface area contributed by atoms with Crippen molar-refractivity contribution >= 4 is 23.2 Å². The van der Waals surface area contributed by atoms with Gasteiger partial charge in [0.2, 0.25) is 0 Å². The van der Waals surface area contributed by atoms with E-state index < -0.39 is 11.7 Å². The van der Waals surface area contributed by atoms with E-state index in [9.17, 15) is 17.6 Å². The zero-order valence-electron chi connectivity index (χ0n) is 18.2. The minimum absolute atomic E-state index is 0. The third-order valence-corrected chi connectivity index (χ3v) is 5.76. The van der Waals surface area contributed by atoms with E-state index >= 15 is 0 Å². The molecule has 0 amide bonds. The molecule has 33 heavy (non-hydrogen) atoms. The lowest BCUT2D eigenvalue weighted by atomic mass is 9.92. The Morgan fingerprint density at radius 1 is 0.727 bits per heavy atom. The molecule has 0 fully saturated rings. The minimum Gasteiger partial charge on any atom is -0.304 e. The van der Waals surface area contributed by atoms with Crippen LogP contribution in [0.5, 0.6) is 0 Å². The Morgan fingerprint density at radius 3 is 2.06 bits per heavy atom. The van der Waals surface area contributed by atoms with Crippen LogP contribution in [0, 0.1) is 5.82 Å². The lowest BCUT2D eigenvalue weighted by Crippen LogP contribution is -2.22. The SMILES string of the molecule is CC(N[C@H](C)c1cccc(F)c1)c1cc(-c2ccc(C(F)(F)F)cc2)c2ccccc2c1.Cl. The van der Waals surface area contributed by atoms with Crippen molar-refractivity contribution < 1.29 is 17.6 Å². The van der Waals surface area contributed by atoms with Crippen LogP contribution in [0.15, 0.2) is 84.9 Å². The average Bonchev–Trinajstić information content (AvgIpc) is 2.77. The Hall–Kier alpha value is -2.89. The second-order valence-corrected chi connectivity index (χ2v) is 8.03. The van der Waals surface area contributed by atoms with E-state index in [2.05, 4.69) is 11.4 Å². The first-order chi connectivity index (χ1) is 15.2. The van der Waals surface area contributed by atoms with Crippen LogP contribution >= 0.6 is 12.4 Å². The van der Waals surface area contributed by atoms with E-state index in [-0.39, 0.29) is 30.3 Å². The van der Waals surface area contributed by atoms with Crippen LogP contribution in [0.4, 0.5) is 17.6 Å².